The summed E-state index contributed by atoms with van der Waals surface area (Å²) in [6, 6.07) is 5.72. The maximum absolute atomic E-state index is 12.7. The van der Waals surface area contributed by atoms with Gasteiger partial charge in [0.05, 0.1) is 6.54 Å². The second-order valence-electron chi connectivity index (χ2n) is 3.43. The van der Waals surface area contributed by atoms with Crippen LogP contribution in [0, 0.1) is 5.82 Å². The Kier molecular flexibility index (Phi) is 3.13. The van der Waals surface area contributed by atoms with Crippen LogP contribution < -0.4 is 5.32 Å². The molecule has 1 N–H and O–H groups in total. The van der Waals surface area contributed by atoms with E-state index >= 15 is 0 Å². The van der Waals surface area contributed by atoms with Crippen molar-refractivity contribution in [1.29, 1.82) is 0 Å². The second kappa shape index (κ2) is 4.73. The molecule has 5 nitrogen and oxygen atoms in total. The molecule has 1 heterocycles. The largest absolute Gasteiger partial charge is 0.349 e. The standard InChI is InChI=1S/C11H10FN3O2/c1-7(16)13-6-10-14-11(17-15-10)8-2-4-9(12)5-3-8/h2-5H,6H2,1H3,(H,13,16). The molecule has 0 aliphatic heterocycles. The molecule has 0 atom stereocenters. The monoisotopic (exact) mass is 235 g/mol. The Hall–Kier alpha value is -2.24. The van der Waals surface area contributed by atoms with E-state index in [1.807, 2.05) is 0 Å². The van der Waals surface area contributed by atoms with Crippen molar-refractivity contribution in [3.8, 4) is 11.5 Å². The van der Waals surface area contributed by atoms with E-state index in [2.05, 4.69) is 15.5 Å². The van der Waals surface area contributed by atoms with Gasteiger partial charge in [-0.3, -0.25) is 4.79 Å². The number of nitrogens with zero attached hydrogens (tertiary/aromatic N) is 2. The van der Waals surface area contributed by atoms with Crippen LogP contribution in [0.25, 0.3) is 11.5 Å². The summed E-state index contributed by atoms with van der Waals surface area (Å²) in [7, 11) is 0. The van der Waals surface area contributed by atoms with Crippen molar-refractivity contribution in [2.75, 3.05) is 0 Å². The second-order valence-corrected chi connectivity index (χ2v) is 3.43. The number of nitrogens with one attached hydrogen (secondary N) is 1. The predicted molar refractivity (Wildman–Crippen MR) is 57.2 cm³/mol. The minimum atomic E-state index is -0.327. The van der Waals surface area contributed by atoms with E-state index in [1.165, 1.54) is 19.1 Å². The van der Waals surface area contributed by atoms with Crippen LogP contribution in [0.4, 0.5) is 4.39 Å². The summed E-state index contributed by atoms with van der Waals surface area (Å²) in [6.07, 6.45) is 0. The molecule has 6 heteroatoms. The molecule has 1 aromatic carbocycles. The summed E-state index contributed by atoms with van der Waals surface area (Å²) < 4.78 is 17.7. The molecular formula is C11H10FN3O2. The topological polar surface area (TPSA) is 68.0 Å². The predicted octanol–water partition coefficient (Wildman–Crippen LogP) is 1.51. The molecule has 0 saturated heterocycles. The lowest BCUT2D eigenvalue weighted by Crippen LogP contribution is -2.19. The summed E-state index contributed by atoms with van der Waals surface area (Å²) in [5.41, 5.74) is 0.632. The fraction of sp³-hybridized carbons (Fsp3) is 0.182. The molecule has 0 spiro atoms. The molecule has 88 valence electrons. The molecule has 0 unspecified atom stereocenters. The van der Waals surface area contributed by atoms with Gasteiger partial charge in [-0.1, -0.05) is 5.16 Å². The first kappa shape index (κ1) is 11.3. The summed E-state index contributed by atoms with van der Waals surface area (Å²) in [5.74, 6) is 0.176. The third-order valence-electron chi connectivity index (χ3n) is 2.05. The average molecular weight is 235 g/mol. The highest BCUT2D eigenvalue weighted by atomic mass is 19.1. The van der Waals surface area contributed by atoms with Gasteiger partial charge < -0.3 is 9.84 Å². The number of rotatable bonds is 3. The fourth-order valence-corrected chi connectivity index (χ4v) is 1.24. The molecule has 0 radical (unpaired) electrons. The van der Waals surface area contributed by atoms with Crippen LogP contribution in [0.3, 0.4) is 0 Å². The van der Waals surface area contributed by atoms with Gasteiger partial charge in [-0.15, -0.1) is 0 Å². The minimum absolute atomic E-state index is 0.168. The first-order chi connectivity index (χ1) is 8.15. The van der Waals surface area contributed by atoms with Gasteiger partial charge in [-0.05, 0) is 24.3 Å². The van der Waals surface area contributed by atoms with Gasteiger partial charge in [0.1, 0.15) is 5.82 Å². The zero-order chi connectivity index (χ0) is 12.3. The number of carbonyl (C=O) groups excluding carboxylic acids is 1. The molecule has 0 aliphatic rings. The number of hydrogen-bond donors (Lipinski definition) is 1. The van der Waals surface area contributed by atoms with Crippen molar-refractivity contribution >= 4 is 5.91 Å². The summed E-state index contributed by atoms with van der Waals surface area (Å²) in [4.78, 5) is 14.8. The van der Waals surface area contributed by atoms with Crippen LogP contribution in [0.5, 0.6) is 0 Å². The van der Waals surface area contributed by atoms with Crippen LogP contribution in [0.15, 0.2) is 28.8 Å². The van der Waals surface area contributed by atoms with Gasteiger partial charge in [0.2, 0.25) is 5.91 Å². The fourth-order valence-electron chi connectivity index (χ4n) is 1.24. The zero-order valence-corrected chi connectivity index (χ0v) is 9.11. The van der Waals surface area contributed by atoms with Crippen LogP contribution in [-0.2, 0) is 11.3 Å². The Balaban J connectivity index is 2.12. The summed E-state index contributed by atoms with van der Waals surface area (Å²) >= 11 is 0. The molecule has 1 aromatic heterocycles. The normalized spacial score (nSPS) is 10.2. The number of halogens is 1. The van der Waals surface area contributed by atoms with Crippen molar-refractivity contribution in [2.24, 2.45) is 0 Å². The third kappa shape index (κ3) is 2.87. The van der Waals surface area contributed by atoms with Crippen molar-refractivity contribution < 1.29 is 13.7 Å². The van der Waals surface area contributed by atoms with Crippen LogP contribution in [-0.4, -0.2) is 16.0 Å². The average Bonchev–Trinajstić information content (AvgIpc) is 2.76. The molecule has 1 amide bonds. The Morgan fingerprint density at radius 2 is 2.12 bits per heavy atom. The molecule has 0 aliphatic carbocycles. The molecule has 0 saturated carbocycles. The van der Waals surface area contributed by atoms with Gasteiger partial charge in [0, 0.05) is 12.5 Å². The van der Waals surface area contributed by atoms with Gasteiger partial charge in [0.25, 0.3) is 5.89 Å². The molecule has 17 heavy (non-hydrogen) atoms. The van der Waals surface area contributed by atoms with Crippen molar-refractivity contribution in [3.05, 3.63) is 35.9 Å². The Bertz CT molecular complexity index is 522. The van der Waals surface area contributed by atoms with Crippen LogP contribution >= 0.6 is 0 Å². The summed E-state index contributed by atoms with van der Waals surface area (Å²) in [5, 5.41) is 6.24. The molecule has 2 rings (SSSR count). The van der Waals surface area contributed by atoms with E-state index in [0.717, 1.165) is 0 Å². The van der Waals surface area contributed by atoms with Crippen molar-refractivity contribution in [2.45, 2.75) is 13.5 Å². The first-order valence-electron chi connectivity index (χ1n) is 4.98. The van der Waals surface area contributed by atoms with Crippen LogP contribution in [0.2, 0.25) is 0 Å². The van der Waals surface area contributed by atoms with Crippen LogP contribution in [0.1, 0.15) is 12.7 Å². The van der Waals surface area contributed by atoms with Gasteiger partial charge in [0.15, 0.2) is 5.82 Å². The number of aromatic nitrogens is 2. The molecule has 0 bridgehead atoms. The molecule has 0 fully saturated rings. The van der Waals surface area contributed by atoms with E-state index in [9.17, 15) is 9.18 Å². The van der Waals surface area contributed by atoms with E-state index < -0.39 is 0 Å². The van der Waals surface area contributed by atoms with Gasteiger partial charge >= 0.3 is 0 Å². The van der Waals surface area contributed by atoms with E-state index in [4.69, 9.17) is 4.52 Å². The lowest BCUT2D eigenvalue weighted by Gasteiger charge is -1.94. The van der Waals surface area contributed by atoms with Crippen molar-refractivity contribution in [3.63, 3.8) is 0 Å². The maximum atomic E-state index is 12.7. The van der Waals surface area contributed by atoms with Gasteiger partial charge in [-0.25, -0.2) is 4.39 Å². The zero-order valence-electron chi connectivity index (χ0n) is 9.11. The number of carbonyl (C=O) groups is 1. The maximum Gasteiger partial charge on any atom is 0.257 e. The molecule has 2 aromatic rings. The highest BCUT2D eigenvalue weighted by molar-refractivity contribution is 5.72. The quantitative estimate of drug-likeness (QED) is 0.875. The number of amides is 1. The van der Waals surface area contributed by atoms with Gasteiger partial charge in [-0.2, -0.15) is 4.98 Å². The number of benzene rings is 1. The Morgan fingerprint density at radius 1 is 1.41 bits per heavy atom. The summed E-state index contributed by atoms with van der Waals surface area (Å²) in [6.45, 7) is 1.61. The Morgan fingerprint density at radius 3 is 2.76 bits per heavy atom. The third-order valence-corrected chi connectivity index (χ3v) is 2.05. The lowest BCUT2D eigenvalue weighted by molar-refractivity contribution is -0.119. The lowest BCUT2D eigenvalue weighted by atomic mass is 10.2. The molecular weight excluding hydrogens is 225 g/mol. The SMILES string of the molecule is CC(=O)NCc1noc(-c2ccc(F)cc2)n1. The van der Waals surface area contributed by atoms with E-state index in [-0.39, 0.29) is 18.3 Å². The Labute approximate surface area is 96.6 Å². The highest BCUT2D eigenvalue weighted by Crippen LogP contribution is 2.17. The minimum Gasteiger partial charge on any atom is -0.349 e. The smallest absolute Gasteiger partial charge is 0.257 e. The van der Waals surface area contributed by atoms with E-state index in [0.29, 0.717) is 17.3 Å². The number of hydrogen-bond acceptors (Lipinski definition) is 4. The highest BCUT2D eigenvalue weighted by Gasteiger charge is 2.08. The van der Waals surface area contributed by atoms with E-state index in [1.54, 1.807) is 12.1 Å². The first-order valence-corrected chi connectivity index (χ1v) is 4.98. The van der Waals surface area contributed by atoms with Crippen molar-refractivity contribution in [1.82, 2.24) is 15.5 Å².